The molecular formula is C21H28ClN3O4. The lowest BCUT2D eigenvalue weighted by molar-refractivity contribution is -0.384. The molecule has 0 radical (unpaired) electrons. The zero-order chi connectivity index (χ0) is 19.8. The van der Waals surface area contributed by atoms with Gasteiger partial charge < -0.3 is 20.1 Å². The zero-order valence-electron chi connectivity index (χ0n) is 16.4. The van der Waals surface area contributed by atoms with Crippen LogP contribution in [0.25, 0.3) is 0 Å². The molecule has 1 saturated heterocycles. The van der Waals surface area contributed by atoms with Crippen LogP contribution in [0.2, 0.25) is 0 Å². The maximum absolute atomic E-state index is 10.9. The number of hydrogen-bond acceptors (Lipinski definition) is 6. The summed E-state index contributed by atoms with van der Waals surface area (Å²) in [6, 6.07) is 14.6. The van der Waals surface area contributed by atoms with E-state index in [0.717, 1.165) is 51.3 Å². The number of nitrogens with two attached hydrogens (primary N) is 1. The Bertz CT molecular complexity index is 768. The van der Waals surface area contributed by atoms with Crippen molar-refractivity contribution in [1.82, 2.24) is 4.90 Å². The van der Waals surface area contributed by atoms with Gasteiger partial charge in [0.1, 0.15) is 11.5 Å². The van der Waals surface area contributed by atoms with Crippen molar-refractivity contribution in [2.24, 2.45) is 5.92 Å². The number of likely N-dealkylation sites (tertiary alicyclic amines) is 1. The summed E-state index contributed by atoms with van der Waals surface area (Å²) in [5.74, 6) is 1.91. The lowest BCUT2D eigenvalue weighted by atomic mass is 9.98. The van der Waals surface area contributed by atoms with Gasteiger partial charge in [-0.3, -0.25) is 10.1 Å². The van der Waals surface area contributed by atoms with E-state index >= 15 is 0 Å². The van der Waals surface area contributed by atoms with E-state index in [1.165, 1.54) is 6.07 Å². The van der Waals surface area contributed by atoms with Crippen LogP contribution in [0.1, 0.15) is 19.3 Å². The van der Waals surface area contributed by atoms with Gasteiger partial charge in [0.15, 0.2) is 5.69 Å². The van der Waals surface area contributed by atoms with Crippen molar-refractivity contribution in [3.05, 3.63) is 58.6 Å². The van der Waals surface area contributed by atoms with E-state index in [9.17, 15) is 10.1 Å². The highest BCUT2D eigenvalue weighted by atomic mass is 35.5. The first-order valence-corrected chi connectivity index (χ1v) is 9.69. The molecule has 1 fully saturated rings. The molecule has 0 amide bonds. The van der Waals surface area contributed by atoms with Crippen LogP contribution in [-0.2, 0) is 0 Å². The number of anilines is 1. The van der Waals surface area contributed by atoms with Crippen molar-refractivity contribution < 1.29 is 14.4 Å². The van der Waals surface area contributed by atoms with E-state index in [2.05, 4.69) is 4.90 Å². The molecule has 0 aromatic heterocycles. The van der Waals surface area contributed by atoms with E-state index in [-0.39, 0.29) is 23.8 Å². The lowest BCUT2D eigenvalue weighted by Crippen LogP contribution is -2.36. The summed E-state index contributed by atoms with van der Waals surface area (Å²) in [4.78, 5) is 12.9. The lowest BCUT2D eigenvalue weighted by Gasteiger charge is -2.31. The fourth-order valence-corrected chi connectivity index (χ4v) is 3.40. The molecule has 0 spiro atoms. The van der Waals surface area contributed by atoms with Gasteiger partial charge in [-0.15, -0.1) is 12.4 Å². The summed E-state index contributed by atoms with van der Waals surface area (Å²) >= 11 is 0. The maximum atomic E-state index is 10.9. The summed E-state index contributed by atoms with van der Waals surface area (Å²) in [5.41, 5.74) is 5.78. The molecule has 2 N–H and O–H groups in total. The average Bonchev–Trinajstić information content (AvgIpc) is 2.72. The minimum Gasteiger partial charge on any atom is -0.493 e. The molecule has 2 aromatic carbocycles. The second kappa shape index (κ2) is 11.5. The Kier molecular flexibility index (Phi) is 9.02. The monoisotopic (exact) mass is 421 g/mol. The third-order valence-corrected chi connectivity index (χ3v) is 5.05. The van der Waals surface area contributed by atoms with Crippen LogP contribution in [0, 0.1) is 16.0 Å². The fraction of sp³-hybridized carbons (Fsp3) is 0.429. The molecule has 29 heavy (non-hydrogen) atoms. The number of benzene rings is 2. The third kappa shape index (κ3) is 6.80. The molecule has 8 heteroatoms. The number of piperidine rings is 1. The van der Waals surface area contributed by atoms with Crippen molar-refractivity contribution in [1.29, 1.82) is 0 Å². The molecule has 1 aliphatic heterocycles. The highest BCUT2D eigenvalue weighted by Crippen LogP contribution is 2.30. The Labute approximate surface area is 177 Å². The predicted molar refractivity (Wildman–Crippen MR) is 116 cm³/mol. The van der Waals surface area contributed by atoms with E-state index in [1.54, 1.807) is 12.1 Å². The van der Waals surface area contributed by atoms with Crippen LogP contribution < -0.4 is 15.2 Å². The number of halogens is 1. The van der Waals surface area contributed by atoms with Gasteiger partial charge in [-0.1, -0.05) is 24.3 Å². The number of nitro benzene ring substituents is 1. The van der Waals surface area contributed by atoms with Gasteiger partial charge in [-0.2, -0.15) is 0 Å². The molecular weight excluding hydrogens is 394 g/mol. The molecule has 3 rings (SSSR count). The van der Waals surface area contributed by atoms with Gasteiger partial charge in [0.05, 0.1) is 18.1 Å². The minimum absolute atomic E-state index is 0. The zero-order valence-corrected chi connectivity index (χ0v) is 17.2. The van der Waals surface area contributed by atoms with Crippen molar-refractivity contribution in [2.45, 2.75) is 19.3 Å². The first-order valence-electron chi connectivity index (χ1n) is 9.69. The van der Waals surface area contributed by atoms with E-state index < -0.39 is 4.92 Å². The van der Waals surface area contributed by atoms with E-state index in [0.29, 0.717) is 18.3 Å². The Balaban J connectivity index is 0.00000300. The molecule has 0 bridgehead atoms. The number of para-hydroxylation sites is 2. The van der Waals surface area contributed by atoms with Crippen molar-refractivity contribution in [2.75, 3.05) is 38.6 Å². The Morgan fingerprint density at radius 2 is 1.79 bits per heavy atom. The number of rotatable bonds is 9. The smallest absolute Gasteiger partial charge is 0.295 e. The first-order chi connectivity index (χ1) is 13.6. The maximum Gasteiger partial charge on any atom is 0.295 e. The third-order valence-electron chi connectivity index (χ3n) is 5.05. The number of nitrogen functional groups attached to an aromatic ring is 1. The number of ether oxygens (including phenoxy) is 2. The standard InChI is InChI=1S/C21H27N3O4.ClH/c22-21-19(24(25)26)8-4-9-20(21)27-15-5-12-23-13-10-17(11-14-23)16-28-18-6-2-1-3-7-18;/h1-4,6-9,17H,5,10-16,22H2;1H. The summed E-state index contributed by atoms with van der Waals surface area (Å²) in [6.45, 7) is 4.32. The van der Waals surface area contributed by atoms with Crippen molar-refractivity contribution in [3.63, 3.8) is 0 Å². The normalized spacial score (nSPS) is 14.8. The van der Waals surface area contributed by atoms with E-state index in [4.69, 9.17) is 15.2 Å². The summed E-state index contributed by atoms with van der Waals surface area (Å²) in [5, 5.41) is 10.9. The average molecular weight is 422 g/mol. The number of nitrogens with zero attached hydrogens (tertiary/aromatic N) is 2. The molecule has 2 aromatic rings. The molecule has 158 valence electrons. The second-order valence-corrected chi connectivity index (χ2v) is 7.06. The highest BCUT2D eigenvalue weighted by Gasteiger charge is 2.20. The number of nitro groups is 1. The summed E-state index contributed by atoms with van der Waals surface area (Å²) in [7, 11) is 0. The predicted octanol–water partition coefficient (Wildman–Crippen LogP) is 4.16. The topological polar surface area (TPSA) is 90.9 Å². The number of hydrogen-bond donors (Lipinski definition) is 1. The van der Waals surface area contributed by atoms with Crippen LogP contribution in [0.5, 0.6) is 11.5 Å². The molecule has 0 aliphatic carbocycles. The molecule has 1 heterocycles. The van der Waals surface area contributed by atoms with Crippen molar-refractivity contribution >= 4 is 23.8 Å². The Morgan fingerprint density at radius 3 is 2.48 bits per heavy atom. The van der Waals surface area contributed by atoms with Gasteiger partial charge in [-0.25, -0.2) is 0 Å². The van der Waals surface area contributed by atoms with Crippen LogP contribution in [0.15, 0.2) is 48.5 Å². The van der Waals surface area contributed by atoms with Crippen molar-refractivity contribution in [3.8, 4) is 11.5 Å². The molecule has 0 atom stereocenters. The van der Waals surface area contributed by atoms with Crippen LogP contribution in [-0.4, -0.2) is 42.7 Å². The van der Waals surface area contributed by atoms with Gasteiger partial charge >= 0.3 is 0 Å². The summed E-state index contributed by atoms with van der Waals surface area (Å²) < 4.78 is 11.5. The molecule has 0 saturated carbocycles. The Morgan fingerprint density at radius 1 is 1.07 bits per heavy atom. The molecule has 0 unspecified atom stereocenters. The van der Waals surface area contributed by atoms with Gasteiger partial charge in [0.25, 0.3) is 5.69 Å². The second-order valence-electron chi connectivity index (χ2n) is 7.06. The first kappa shape index (κ1) is 22.8. The largest absolute Gasteiger partial charge is 0.493 e. The van der Waals surface area contributed by atoms with Gasteiger partial charge in [-0.05, 0) is 56.5 Å². The SMILES string of the molecule is Cl.Nc1c(OCCCN2CCC(COc3ccccc3)CC2)cccc1[N+](=O)[O-]. The quantitative estimate of drug-likeness (QED) is 0.283. The van der Waals surface area contributed by atoms with Crippen LogP contribution in [0.4, 0.5) is 11.4 Å². The van der Waals surface area contributed by atoms with Crippen LogP contribution >= 0.6 is 12.4 Å². The molecule has 7 nitrogen and oxygen atoms in total. The Hall–Kier alpha value is -2.51. The highest BCUT2D eigenvalue weighted by molar-refractivity contribution is 5.85. The summed E-state index contributed by atoms with van der Waals surface area (Å²) in [6.07, 6.45) is 3.12. The minimum atomic E-state index is -0.492. The molecule has 1 aliphatic rings. The fourth-order valence-electron chi connectivity index (χ4n) is 3.40. The van der Waals surface area contributed by atoms with Gasteiger partial charge in [0, 0.05) is 12.6 Å². The van der Waals surface area contributed by atoms with Crippen LogP contribution in [0.3, 0.4) is 0 Å². The van der Waals surface area contributed by atoms with E-state index in [1.807, 2.05) is 30.3 Å². The van der Waals surface area contributed by atoms with Gasteiger partial charge in [0.2, 0.25) is 0 Å².